The highest BCUT2D eigenvalue weighted by Crippen LogP contribution is 2.35. The second-order valence-electron chi connectivity index (χ2n) is 5.38. The molecule has 3 nitrogen and oxygen atoms in total. The minimum atomic E-state index is -0.165. The molecule has 2 unspecified atom stereocenters. The quantitative estimate of drug-likeness (QED) is 0.497. The summed E-state index contributed by atoms with van der Waals surface area (Å²) in [5, 5.41) is 0. The first-order valence-corrected chi connectivity index (χ1v) is 7.49. The van der Waals surface area contributed by atoms with Crippen LogP contribution in [0, 0.1) is 11.8 Å². The number of carbonyl (C=O) groups is 2. The summed E-state index contributed by atoms with van der Waals surface area (Å²) >= 11 is 0. The highest BCUT2D eigenvalue weighted by atomic mass is 16.5. The van der Waals surface area contributed by atoms with Crippen LogP contribution in [0.15, 0.2) is 12.2 Å². The molecule has 0 N–H and O–H groups in total. The van der Waals surface area contributed by atoms with Crippen molar-refractivity contribution in [2.45, 2.75) is 58.8 Å². The molecule has 19 heavy (non-hydrogen) atoms. The van der Waals surface area contributed by atoms with Crippen molar-refractivity contribution < 1.29 is 14.3 Å². The molecule has 1 aliphatic rings. The Labute approximate surface area is 116 Å². The summed E-state index contributed by atoms with van der Waals surface area (Å²) < 4.78 is 5.16. The monoisotopic (exact) mass is 266 g/mol. The molecule has 0 heterocycles. The number of ether oxygens (including phenoxy) is 1. The number of esters is 1. The Morgan fingerprint density at radius 2 is 2.00 bits per heavy atom. The third-order valence-corrected chi connectivity index (χ3v) is 3.75. The van der Waals surface area contributed by atoms with E-state index in [1.54, 1.807) is 0 Å². The standard InChI is InChI=1S/C16H26O3/c1-3-5-7-9-19-16(18)12-14-11-15(17)10-13(14)8-6-4-2/h5,7,13-14H,3-4,6,8-12H2,1-2H3/b7-5-. The van der Waals surface area contributed by atoms with Gasteiger partial charge in [0, 0.05) is 19.3 Å². The van der Waals surface area contributed by atoms with Crippen LogP contribution in [-0.2, 0) is 14.3 Å². The number of carbonyl (C=O) groups excluding carboxylic acids is 2. The van der Waals surface area contributed by atoms with Gasteiger partial charge in [-0.05, 0) is 24.7 Å². The van der Waals surface area contributed by atoms with Crippen molar-refractivity contribution in [3.8, 4) is 0 Å². The fraction of sp³-hybridized carbons (Fsp3) is 0.750. The van der Waals surface area contributed by atoms with E-state index in [4.69, 9.17) is 4.74 Å². The van der Waals surface area contributed by atoms with Crippen LogP contribution in [0.3, 0.4) is 0 Å². The number of ketones is 1. The lowest BCUT2D eigenvalue weighted by atomic mass is 9.89. The number of allylic oxidation sites excluding steroid dienone is 1. The Balaban J connectivity index is 2.34. The molecule has 1 rings (SSSR count). The number of hydrogen-bond acceptors (Lipinski definition) is 3. The summed E-state index contributed by atoms with van der Waals surface area (Å²) in [6.45, 7) is 4.55. The maximum Gasteiger partial charge on any atom is 0.306 e. The first-order valence-electron chi connectivity index (χ1n) is 7.49. The zero-order valence-electron chi connectivity index (χ0n) is 12.2. The molecular weight excluding hydrogens is 240 g/mol. The summed E-state index contributed by atoms with van der Waals surface area (Å²) in [6, 6.07) is 0. The van der Waals surface area contributed by atoms with Crippen LogP contribution in [-0.4, -0.2) is 18.4 Å². The molecule has 0 aromatic rings. The molecule has 0 saturated heterocycles. The largest absolute Gasteiger partial charge is 0.461 e. The molecule has 0 spiro atoms. The van der Waals surface area contributed by atoms with Gasteiger partial charge < -0.3 is 4.74 Å². The molecule has 0 amide bonds. The molecule has 0 bridgehead atoms. The lowest BCUT2D eigenvalue weighted by molar-refractivity contribution is -0.143. The number of rotatable bonds is 8. The van der Waals surface area contributed by atoms with Crippen molar-refractivity contribution in [3.63, 3.8) is 0 Å². The van der Waals surface area contributed by atoms with Crippen molar-refractivity contribution in [1.29, 1.82) is 0 Å². The van der Waals surface area contributed by atoms with Crippen LogP contribution in [0.25, 0.3) is 0 Å². The maximum atomic E-state index is 11.7. The average molecular weight is 266 g/mol. The zero-order chi connectivity index (χ0) is 14.1. The van der Waals surface area contributed by atoms with E-state index < -0.39 is 0 Å². The third kappa shape index (κ3) is 6.04. The molecule has 0 aromatic heterocycles. The smallest absolute Gasteiger partial charge is 0.306 e. The first kappa shape index (κ1) is 15.9. The van der Waals surface area contributed by atoms with Crippen LogP contribution < -0.4 is 0 Å². The highest BCUT2D eigenvalue weighted by molar-refractivity contribution is 5.82. The summed E-state index contributed by atoms with van der Waals surface area (Å²) in [4.78, 5) is 23.3. The van der Waals surface area contributed by atoms with Crippen LogP contribution in [0.4, 0.5) is 0 Å². The predicted molar refractivity (Wildman–Crippen MR) is 75.8 cm³/mol. The molecular formula is C16H26O3. The van der Waals surface area contributed by atoms with E-state index >= 15 is 0 Å². The van der Waals surface area contributed by atoms with Gasteiger partial charge in [-0.25, -0.2) is 0 Å². The fourth-order valence-corrected chi connectivity index (χ4v) is 2.69. The summed E-state index contributed by atoms with van der Waals surface area (Å²) in [5.74, 6) is 0.750. The lowest BCUT2D eigenvalue weighted by Gasteiger charge is -2.17. The van der Waals surface area contributed by atoms with Crippen molar-refractivity contribution in [2.24, 2.45) is 11.8 Å². The van der Waals surface area contributed by atoms with Crippen molar-refractivity contribution in [2.75, 3.05) is 6.61 Å². The Morgan fingerprint density at radius 3 is 2.68 bits per heavy atom. The van der Waals surface area contributed by atoms with Gasteiger partial charge in [-0.15, -0.1) is 0 Å². The predicted octanol–water partition coefficient (Wildman–Crippen LogP) is 3.67. The molecule has 1 saturated carbocycles. The van der Waals surface area contributed by atoms with Crippen LogP contribution in [0.5, 0.6) is 0 Å². The SMILES string of the molecule is CC/C=C\COC(=O)CC1CC(=O)CC1CCCC. The van der Waals surface area contributed by atoms with Crippen LogP contribution >= 0.6 is 0 Å². The number of hydrogen-bond donors (Lipinski definition) is 0. The Bertz CT molecular complexity index is 320. The minimum absolute atomic E-state index is 0.165. The minimum Gasteiger partial charge on any atom is -0.461 e. The first-order chi connectivity index (χ1) is 9.17. The van der Waals surface area contributed by atoms with E-state index in [1.165, 1.54) is 0 Å². The Kier molecular flexibility index (Phi) is 7.46. The molecule has 0 radical (unpaired) electrons. The summed E-state index contributed by atoms with van der Waals surface area (Å²) in [5.41, 5.74) is 0. The normalized spacial score (nSPS) is 23.2. The van der Waals surface area contributed by atoms with Crippen LogP contribution in [0.2, 0.25) is 0 Å². The topological polar surface area (TPSA) is 43.4 Å². The van der Waals surface area contributed by atoms with Gasteiger partial charge in [0.1, 0.15) is 12.4 Å². The van der Waals surface area contributed by atoms with E-state index in [9.17, 15) is 9.59 Å². The van der Waals surface area contributed by atoms with Gasteiger partial charge >= 0.3 is 5.97 Å². The number of Topliss-reactive ketones (excluding diaryl/α,β-unsaturated/α-hetero) is 1. The second-order valence-corrected chi connectivity index (χ2v) is 5.38. The fourth-order valence-electron chi connectivity index (χ4n) is 2.69. The molecule has 1 fully saturated rings. The van der Waals surface area contributed by atoms with Crippen molar-refractivity contribution in [1.82, 2.24) is 0 Å². The van der Waals surface area contributed by atoms with Gasteiger partial charge in [0.05, 0.1) is 0 Å². The van der Waals surface area contributed by atoms with Crippen molar-refractivity contribution >= 4 is 11.8 Å². The Hall–Kier alpha value is -1.12. The number of unbranched alkanes of at least 4 members (excludes halogenated alkanes) is 1. The molecule has 0 aliphatic heterocycles. The molecule has 108 valence electrons. The second kappa shape index (κ2) is 8.89. The highest BCUT2D eigenvalue weighted by Gasteiger charge is 2.33. The van der Waals surface area contributed by atoms with Gasteiger partial charge in [0.2, 0.25) is 0 Å². The molecule has 3 heteroatoms. The van der Waals surface area contributed by atoms with E-state index in [1.807, 2.05) is 19.1 Å². The van der Waals surface area contributed by atoms with E-state index in [-0.39, 0.29) is 11.9 Å². The van der Waals surface area contributed by atoms with E-state index in [2.05, 4.69) is 6.92 Å². The van der Waals surface area contributed by atoms with Gasteiger partial charge in [-0.2, -0.15) is 0 Å². The average Bonchev–Trinajstić information content (AvgIpc) is 2.72. The van der Waals surface area contributed by atoms with E-state index in [0.717, 1.165) is 25.7 Å². The maximum absolute atomic E-state index is 11.7. The summed E-state index contributed by atoms with van der Waals surface area (Å²) in [6.07, 6.45) is 9.78. The molecule has 2 atom stereocenters. The lowest BCUT2D eigenvalue weighted by Crippen LogP contribution is -2.15. The van der Waals surface area contributed by atoms with Gasteiger partial charge in [0.25, 0.3) is 0 Å². The molecule has 0 aromatic carbocycles. The van der Waals surface area contributed by atoms with Gasteiger partial charge in [0.15, 0.2) is 0 Å². The van der Waals surface area contributed by atoms with E-state index in [0.29, 0.717) is 37.6 Å². The third-order valence-electron chi connectivity index (χ3n) is 3.75. The van der Waals surface area contributed by atoms with Gasteiger partial charge in [-0.3, -0.25) is 9.59 Å². The zero-order valence-corrected chi connectivity index (χ0v) is 12.2. The Morgan fingerprint density at radius 1 is 1.26 bits per heavy atom. The molecule has 1 aliphatic carbocycles. The van der Waals surface area contributed by atoms with Crippen molar-refractivity contribution in [3.05, 3.63) is 12.2 Å². The summed E-state index contributed by atoms with van der Waals surface area (Å²) in [7, 11) is 0. The van der Waals surface area contributed by atoms with Gasteiger partial charge in [-0.1, -0.05) is 38.8 Å². The van der Waals surface area contributed by atoms with Crippen LogP contribution in [0.1, 0.15) is 58.8 Å².